The fourth-order valence-corrected chi connectivity index (χ4v) is 3.07. The highest BCUT2D eigenvalue weighted by Crippen LogP contribution is 2.20. The SMILES string of the molecule is N=C(c1ccc(N(CCO)CCO)cc1)c1ccc(N(CCO)CCO)cc1.NS(=O)(=O)O. The van der Waals surface area contributed by atoms with Gasteiger partial charge in [-0.25, -0.2) is 5.14 Å². The zero-order valence-corrected chi connectivity index (χ0v) is 19.0. The lowest BCUT2D eigenvalue weighted by Gasteiger charge is -2.23. The van der Waals surface area contributed by atoms with E-state index in [0.717, 1.165) is 22.5 Å². The zero-order chi connectivity index (χ0) is 24.9. The molecule has 0 saturated heterocycles. The van der Waals surface area contributed by atoms with E-state index in [9.17, 15) is 0 Å². The average molecular weight is 485 g/mol. The quantitative estimate of drug-likeness (QED) is 0.153. The lowest BCUT2D eigenvalue weighted by Crippen LogP contribution is -2.29. The second-order valence-electron chi connectivity index (χ2n) is 6.85. The molecule has 0 unspecified atom stereocenters. The van der Waals surface area contributed by atoms with Crippen molar-refractivity contribution in [1.82, 2.24) is 0 Å². The first-order valence-electron chi connectivity index (χ1n) is 10.1. The molecule has 0 spiro atoms. The minimum absolute atomic E-state index is 0.00744. The van der Waals surface area contributed by atoms with Crippen molar-refractivity contribution in [2.45, 2.75) is 0 Å². The van der Waals surface area contributed by atoms with Crippen molar-refractivity contribution in [2.24, 2.45) is 5.14 Å². The van der Waals surface area contributed by atoms with E-state index in [1.807, 2.05) is 58.3 Å². The Morgan fingerprint density at radius 1 is 0.697 bits per heavy atom. The third kappa shape index (κ3) is 10.7. The average Bonchev–Trinajstić information content (AvgIpc) is 2.77. The van der Waals surface area contributed by atoms with E-state index in [4.69, 9.17) is 38.8 Å². The van der Waals surface area contributed by atoms with Crippen molar-refractivity contribution >= 4 is 27.4 Å². The van der Waals surface area contributed by atoms with Crippen molar-refractivity contribution in [3.8, 4) is 0 Å². The molecule has 2 rings (SSSR count). The molecule has 2 aromatic rings. The van der Waals surface area contributed by atoms with Gasteiger partial charge in [-0.05, 0) is 24.3 Å². The van der Waals surface area contributed by atoms with Crippen molar-refractivity contribution < 1.29 is 33.4 Å². The van der Waals surface area contributed by atoms with E-state index in [2.05, 4.69) is 5.14 Å². The van der Waals surface area contributed by atoms with Crippen LogP contribution >= 0.6 is 0 Å². The molecular formula is C21H32N4O7S. The molecular weight excluding hydrogens is 452 g/mol. The molecule has 0 radical (unpaired) electrons. The predicted octanol–water partition coefficient (Wildman–Crippen LogP) is -0.567. The summed E-state index contributed by atoms with van der Waals surface area (Å²) in [5, 5.41) is 49.0. The van der Waals surface area contributed by atoms with E-state index >= 15 is 0 Å². The molecule has 184 valence electrons. The summed E-state index contributed by atoms with van der Waals surface area (Å²) in [6.45, 7) is 1.80. The van der Waals surface area contributed by atoms with E-state index in [0.29, 0.717) is 31.9 Å². The Morgan fingerprint density at radius 2 is 0.939 bits per heavy atom. The molecule has 12 heteroatoms. The number of rotatable bonds is 12. The Kier molecular flexibility index (Phi) is 12.5. The van der Waals surface area contributed by atoms with Gasteiger partial charge in [-0.15, -0.1) is 0 Å². The van der Waals surface area contributed by atoms with Crippen LogP contribution in [0.5, 0.6) is 0 Å². The molecule has 0 aliphatic rings. The molecule has 0 aliphatic heterocycles. The van der Waals surface area contributed by atoms with Crippen LogP contribution in [0.1, 0.15) is 11.1 Å². The molecule has 0 fully saturated rings. The third-order valence-electron chi connectivity index (χ3n) is 4.52. The number of hydrogen-bond acceptors (Lipinski definition) is 9. The van der Waals surface area contributed by atoms with Crippen molar-refractivity contribution in [2.75, 3.05) is 62.4 Å². The van der Waals surface area contributed by atoms with Crippen molar-refractivity contribution in [1.29, 1.82) is 5.41 Å². The summed E-state index contributed by atoms with van der Waals surface area (Å²) >= 11 is 0. The third-order valence-corrected chi connectivity index (χ3v) is 4.52. The Bertz CT molecular complexity index is 857. The number of aliphatic hydroxyl groups is 4. The molecule has 0 saturated carbocycles. The van der Waals surface area contributed by atoms with E-state index in [-0.39, 0.29) is 26.4 Å². The Balaban J connectivity index is 0.000000981. The standard InChI is InChI=1S/C21H29N3O4.H3NO3S/c22-21(17-1-5-19(6-2-17)23(9-13-25)10-14-26)18-3-7-20(8-4-18)24(11-15-27)12-16-28;1-5(2,3)4/h1-8,22,25-28H,9-16H2;(H3,1,2,3,4). The predicted molar refractivity (Wildman–Crippen MR) is 127 cm³/mol. The summed E-state index contributed by atoms with van der Waals surface area (Å²) in [7, 11) is -4.17. The number of aliphatic hydroxyl groups excluding tert-OH is 4. The van der Waals surface area contributed by atoms with Crippen LogP contribution in [-0.4, -0.2) is 91.7 Å². The van der Waals surface area contributed by atoms with Crippen LogP contribution in [0, 0.1) is 5.41 Å². The summed E-state index contributed by atoms with van der Waals surface area (Å²) in [6, 6.07) is 15.0. The molecule has 0 aliphatic carbocycles. The Morgan fingerprint density at radius 3 is 1.15 bits per heavy atom. The van der Waals surface area contributed by atoms with Gasteiger partial charge in [0, 0.05) is 48.7 Å². The first-order valence-corrected chi connectivity index (χ1v) is 11.6. The van der Waals surface area contributed by atoms with Gasteiger partial charge in [0.2, 0.25) is 0 Å². The van der Waals surface area contributed by atoms with Gasteiger partial charge in [0.15, 0.2) is 0 Å². The normalized spacial score (nSPS) is 10.8. The Hall–Kier alpha value is -2.58. The maximum atomic E-state index is 9.16. The first kappa shape index (κ1) is 28.5. The summed E-state index contributed by atoms with van der Waals surface area (Å²) in [5.74, 6) is 0. The van der Waals surface area contributed by atoms with Crippen molar-refractivity contribution in [3.63, 3.8) is 0 Å². The van der Waals surface area contributed by atoms with Crippen molar-refractivity contribution in [3.05, 3.63) is 59.7 Å². The second-order valence-corrected chi connectivity index (χ2v) is 7.88. The highest BCUT2D eigenvalue weighted by molar-refractivity contribution is 7.83. The zero-order valence-electron chi connectivity index (χ0n) is 18.2. The number of nitrogens with two attached hydrogens (primary N) is 1. The van der Waals surface area contributed by atoms with Gasteiger partial charge < -0.3 is 30.2 Å². The van der Waals surface area contributed by atoms with E-state index in [1.54, 1.807) is 0 Å². The topological polar surface area (TPSA) is 192 Å². The van der Waals surface area contributed by atoms with Crippen LogP contribution in [0.2, 0.25) is 0 Å². The molecule has 0 atom stereocenters. The van der Waals surface area contributed by atoms with Gasteiger partial charge in [0.25, 0.3) is 0 Å². The summed E-state index contributed by atoms with van der Waals surface area (Å²) < 4.78 is 25.2. The second kappa shape index (κ2) is 14.5. The first-order chi connectivity index (χ1) is 15.6. The molecule has 0 bridgehead atoms. The molecule has 8 N–H and O–H groups in total. The molecule has 11 nitrogen and oxygen atoms in total. The summed E-state index contributed by atoms with van der Waals surface area (Å²) in [5.41, 5.74) is 3.71. The van der Waals surface area contributed by atoms with Gasteiger partial charge in [0.1, 0.15) is 0 Å². The number of hydrogen-bond donors (Lipinski definition) is 7. The largest absolute Gasteiger partial charge is 0.395 e. The van der Waals surface area contributed by atoms with Crippen LogP contribution in [0.4, 0.5) is 11.4 Å². The van der Waals surface area contributed by atoms with Crippen LogP contribution < -0.4 is 14.9 Å². The lowest BCUT2D eigenvalue weighted by atomic mass is 10.0. The number of benzene rings is 2. The fraction of sp³-hybridized carbons (Fsp3) is 0.381. The smallest absolute Gasteiger partial charge is 0.330 e. The molecule has 2 aromatic carbocycles. The number of nitrogens with one attached hydrogen (secondary N) is 1. The fourth-order valence-electron chi connectivity index (χ4n) is 3.07. The Labute approximate surface area is 193 Å². The van der Waals surface area contributed by atoms with Crippen LogP contribution in [0.15, 0.2) is 48.5 Å². The molecule has 0 heterocycles. The van der Waals surface area contributed by atoms with Crippen LogP contribution in [0.3, 0.4) is 0 Å². The molecule has 0 amide bonds. The number of nitrogens with zero attached hydrogens (tertiary/aromatic N) is 2. The van der Waals surface area contributed by atoms with Gasteiger partial charge in [-0.3, -0.25) is 9.96 Å². The van der Waals surface area contributed by atoms with Crippen LogP contribution in [0.25, 0.3) is 0 Å². The van der Waals surface area contributed by atoms with E-state index < -0.39 is 10.3 Å². The van der Waals surface area contributed by atoms with Gasteiger partial charge in [0.05, 0.1) is 32.1 Å². The summed E-state index contributed by atoms with van der Waals surface area (Å²) in [6.07, 6.45) is 0. The number of anilines is 2. The maximum absolute atomic E-state index is 9.16. The highest BCUT2D eigenvalue weighted by Gasteiger charge is 2.10. The monoisotopic (exact) mass is 484 g/mol. The maximum Gasteiger partial charge on any atom is 0.330 e. The minimum Gasteiger partial charge on any atom is -0.395 e. The molecule has 0 aromatic heterocycles. The van der Waals surface area contributed by atoms with Gasteiger partial charge >= 0.3 is 10.3 Å². The van der Waals surface area contributed by atoms with Gasteiger partial charge in [-0.2, -0.15) is 8.42 Å². The van der Waals surface area contributed by atoms with Gasteiger partial charge in [-0.1, -0.05) is 24.3 Å². The van der Waals surface area contributed by atoms with E-state index in [1.165, 1.54) is 0 Å². The molecule has 33 heavy (non-hydrogen) atoms. The minimum atomic E-state index is -4.17. The van der Waals surface area contributed by atoms with Crippen LogP contribution in [-0.2, 0) is 10.3 Å². The lowest BCUT2D eigenvalue weighted by molar-refractivity contribution is 0.280. The summed E-state index contributed by atoms with van der Waals surface area (Å²) in [4.78, 5) is 3.78. The highest BCUT2D eigenvalue weighted by atomic mass is 32.2.